The summed E-state index contributed by atoms with van der Waals surface area (Å²) in [4.78, 5) is 24.4. The standard InChI is InChI=1S/C12H21NO3/c1-9(2)6-7-11(14)13-8-4-3-5-10(13)12(15)16/h9-10H,3-8H2,1-2H3,(H,15,16). The summed E-state index contributed by atoms with van der Waals surface area (Å²) in [6.07, 6.45) is 3.74. The van der Waals surface area contributed by atoms with Crippen LogP contribution in [0.4, 0.5) is 0 Å². The number of carboxylic acid groups (broad SMARTS) is 1. The molecule has 1 fully saturated rings. The number of nitrogens with zero attached hydrogens (tertiary/aromatic N) is 1. The molecule has 0 radical (unpaired) electrons. The first-order valence-corrected chi connectivity index (χ1v) is 6.04. The molecule has 1 atom stereocenters. The van der Waals surface area contributed by atoms with E-state index in [0.717, 1.165) is 19.3 Å². The molecule has 92 valence electrons. The number of hydrogen-bond acceptors (Lipinski definition) is 2. The quantitative estimate of drug-likeness (QED) is 0.797. The number of amides is 1. The van der Waals surface area contributed by atoms with E-state index < -0.39 is 12.0 Å². The van der Waals surface area contributed by atoms with Crippen LogP contribution in [-0.2, 0) is 9.59 Å². The average Bonchev–Trinajstić information content (AvgIpc) is 2.25. The van der Waals surface area contributed by atoms with Gasteiger partial charge in [0.2, 0.25) is 5.91 Å². The van der Waals surface area contributed by atoms with Gasteiger partial charge in [0.25, 0.3) is 0 Å². The molecule has 0 aromatic heterocycles. The van der Waals surface area contributed by atoms with Gasteiger partial charge in [-0.1, -0.05) is 13.8 Å². The van der Waals surface area contributed by atoms with Crippen LogP contribution in [0.15, 0.2) is 0 Å². The van der Waals surface area contributed by atoms with Crippen molar-refractivity contribution < 1.29 is 14.7 Å². The van der Waals surface area contributed by atoms with Crippen LogP contribution in [0.1, 0.15) is 46.0 Å². The summed E-state index contributed by atoms with van der Waals surface area (Å²) in [5, 5.41) is 9.04. The van der Waals surface area contributed by atoms with Gasteiger partial charge in [-0.05, 0) is 31.6 Å². The number of aliphatic carboxylic acids is 1. The van der Waals surface area contributed by atoms with Crippen LogP contribution in [0.5, 0.6) is 0 Å². The van der Waals surface area contributed by atoms with E-state index in [0.29, 0.717) is 25.3 Å². The average molecular weight is 227 g/mol. The van der Waals surface area contributed by atoms with Crippen LogP contribution in [0.2, 0.25) is 0 Å². The second-order valence-corrected chi connectivity index (χ2v) is 4.87. The Bertz CT molecular complexity index is 263. The number of hydrogen-bond donors (Lipinski definition) is 1. The molecule has 1 rings (SSSR count). The van der Waals surface area contributed by atoms with Crippen LogP contribution in [0.25, 0.3) is 0 Å². The van der Waals surface area contributed by atoms with Gasteiger partial charge in [-0.25, -0.2) is 4.79 Å². The van der Waals surface area contributed by atoms with Gasteiger partial charge in [-0.3, -0.25) is 4.79 Å². The highest BCUT2D eigenvalue weighted by atomic mass is 16.4. The van der Waals surface area contributed by atoms with Crippen molar-refractivity contribution in [2.24, 2.45) is 5.92 Å². The zero-order valence-corrected chi connectivity index (χ0v) is 10.1. The molecule has 0 aromatic rings. The summed E-state index contributed by atoms with van der Waals surface area (Å²) >= 11 is 0. The first-order valence-electron chi connectivity index (χ1n) is 6.04. The summed E-state index contributed by atoms with van der Waals surface area (Å²) < 4.78 is 0. The monoisotopic (exact) mass is 227 g/mol. The van der Waals surface area contributed by atoms with Crippen molar-refractivity contribution in [1.29, 1.82) is 0 Å². The molecule has 1 unspecified atom stereocenters. The molecular weight excluding hydrogens is 206 g/mol. The third kappa shape index (κ3) is 3.51. The molecule has 0 spiro atoms. The molecule has 0 bridgehead atoms. The summed E-state index contributed by atoms with van der Waals surface area (Å²) in [7, 11) is 0. The fourth-order valence-corrected chi connectivity index (χ4v) is 2.04. The maximum Gasteiger partial charge on any atom is 0.326 e. The lowest BCUT2D eigenvalue weighted by atomic mass is 10.0. The number of carbonyl (C=O) groups excluding carboxylic acids is 1. The minimum atomic E-state index is -0.863. The summed E-state index contributed by atoms with van der Waals surface area (Å²) in [6, 6.07) is -0.589. The van der Waals surface area contributed by atoms with Gasteiger partial charge in [-0.15, -0.1) is 0 Å². The smallest absolute Gasteiger partial charge is 0.326 e. The first-order chi connectivity index (χ1) is 7.52. The summed E-state index contributed by atoms with van der Waals surface area (Å²) in [5.74, 6) is -0.379. The molecule has 0 saturated carbocycles. The third-order valence-electron chi connectivity index (χ3n) is 3.04. The maximum absolute atomic E-state index is 11.9. The molecule has 1 heterocycles. The van der Waals surface area contributed by atoms with Gasteiger partial charge >= 0.3 is 5.97 Å². The molecule has 0 aliphatic carbocycles. The minimum Gasteiger partial charge on any atom is -0.480 e. The summed E-state index contributed by atoms with van der Waals surface area (Å²) in [5.41, 5.74) is 0. The van der Waals surface area contributed by atoms with Crippen molar-refractivity contribution in [2.75, 3.05) is 6.54 Å². The Morgan fingerprint density at radius 1 is 1.38 bits per heavy atom. The first kappa shape index (κ1) is 13.0. The molecule has 4 nitrogen and oxygen atoms in total. The Labute approximate surface area is 96.6 Å². The molecular formula is C12H21NO3. The zero-order valence-electron chi connectivity index (χ0n) is 10.1. The van der Waals surface area contributed by atoms with Crippen molar-refractivity contribution in [3.05, 3.63) is 0 Å². The van der Waals surface area contributed by atoms with Crippen molar-refractivity contribution in [2.45, 2.75) is 52.0 Å². The summed E-state index contributed by atoms with van der Waals surface area (Å²) in [6.45, 7) is 4.74. The van der Waals surface area contributed by atoms with Crippen molar-refractivity contribution in [3.8, 4) is 0 Å². The van der Waals surface area contributed by atoms with E-state index in [-0.39, 0.29) is 5.91 Å². The molecule has 1 saturated heterocycles. The van der Waals surface area contributed by atoms with Gasteiger partial charge in [0.1, 0.15) is 6.04 Å². The highest BCUT2D eigenvalue weighted by Crippen LogP contribution is 2.19. The van der Waals surface area contributed by atoms with Crippen LogP contribution in [0.3, 0.4) is 0 Å². The van der Waals surface area contributed by atoms with E-state index in [2.05, 4.69) is 13.8 Å². The number of carboxylic acids is 1. The maximum atomic E-state index is 11.9. The fraction of sp³-hybridized carbons (Fsp3) is 0.833. The highest BCUT2D eigenvalue weighted by Gasteiger charge is 2.31. The van der Waals surface area contributed by atoms with Crippen LogP contribution in [0, 0.1) is 5.92 Å². The van der Waals surface area contributed by atoms with Crippen LogP contribution < -0.4 is 0 Å². The Hall–Kier alpha value is -1.06. The van der Waals surface area contributed by atoms with Crippen molar-refractivity contribution in [3.63, 3.8) is 0 Å². The van der Waals surface area contributed by atoms with Crippen molar-refractivity contribution in [1.82, 2.24) is 4.90 Å². The Balaban J connectivity index is 2.54. The van der Waals surface area contributed by atoms with E-state index in [4.69, 9.17) is 5.11 Å². The predicted molar refractivity (Wildman–Crippen MR) is 61.1 cm³/mol. The van der Waals surface area contributed by atoms with E-state index in [1.807, 2.05) is 0 Å². The van der Waals surface area contributed by atoms with Gasteiger partial charge < -0.3 is 10.0 Å². The van der Waals surface area contributed by atoms with Gasteiger partial charge in [0.15, 0.2) is 0 Å². The largest absolute Gasteiger partial charge is 0.480 e. The Kier molecular flexibility index (Phi) is 4.77. The highest BCUT2D eigenvalue weighted by molar-refractivity contribution is 5.83. The zero-order chi connectivity index (χ0) is 12.1. The third-order valence-corrected chi connectivity index (χ3v) is 3.04. The van der Waals surface area contributed by atoms with E-state index >= 15 is 0 Å². The molecule has 1 amide bonds. The molecule has 4 heteroatoms. The Morgan fingerprint density at radius 2 is 2.06 bits per heavy atom. The van der Waals surface area contributed by atoms with Gasteiger partial charge in [0.05, 0.1) is 0 Å². The van der Waals surface area contributed by atoms with E-state index in [9.17, 15) is 9.59 Å². The second kappa shape index (κ2) is 5.87. The van der Waals surface area contributed by atoms with Crippen LogP contribution in [-0.4, -0.2) is 34.5 Å². The molecule has 16 heavy (non-hydrogen) atoms. The lowest BCUT2D eigenvalue weighted by Gasteiger charge is -2.33. The number of likely N-dealkylation sites (tertiary alicyclic amines) is 1. The van der Waals surface area contributed by atoms with Crippen LogP contribution >= 0.6 is 0 Å². The van der Waals surface area contributed by atoms with Crippen molar-refractivity contribution >= 4 is 11.9 Å². The van der Waals surface area contributed by atoms with Gasteiger partial charge in [0, 0.05) is 13.0 Å². The van der Waals surface area contributed by atoms with E-state index in [1.54, 1.807) is 4.90 Å². The number of rotatable bonds is 4. The Morgan fingerprint density at radius 3 is 2.62 bits per heavy atom. The minimum absolute atomic E-state index is 0.000741. The molecule has 1 aliphatic rings. The SMILES string of the molecule is CC(C)CCC(=O)N1CCCCC1C(=O)O. The lowest BCUT2D eigenvalue weighted by molar-refractivity contribution is -0.152. The normalized spacial score (nSPS) is 21.2. The molecule has 1 aliphatic heterocycles. The number of carbonyl (C=O) groups is 2. The van der Waals surface area contributed by atoms with Gasteiger partial charge in [-0.2, -0.15) is 0 Å². The fourth-order valence-electron chi connectivity index (χ4n) is 2.04. The lowest BCUT2D eigenvalue weighted by Crippen LogP contribution is -2.47. The molecule has 0 aromatic carbocycles. The number of piperidine rings is 1. The second-order valence-electron chi connectivity index (χ2n) is 4.87. The topological polar surface area (TPSA) is 57.6 Å². The van der Waals surface area contributed by atoms with E-state index in [1.165, 1.54) is 0 Å². The molecule has 1 N–H and O–H groups in total. The predicted octanol–water partition coefficient (Wildman–Crippen LogP) is 1.89.